The first kappa shape index (κ1) is 19.9. The maximum Gasteiger partial charge on any atom is 0.336 e. The summed E-state index contributed by atoms with van der Waals surface area (Å²) in [4.78, 5) is 36.3. The van der Waals surface area contributed by atoms with Gasteiger partial charge in [0.2, 0.25) is 5.88 Å². The number of carboxylic acids is 1. The average Bonchev–Trinajstić information content (AvgIpc) is 3.12. The first-order valence-electron chi connectivity index (χ1n) is 9.31. The number of H-pyrrole nitrogens is 1. The number of hydrogen-bond acceptors (Lipinski definition) is 6. The number of aromatic carboxylic acids is 1. The van der Waals surface area contributed by atoms with E-state index in [0.29, 0.717) is 27.8 Å². The second-order valence-electron chi connectivity index (χ2n) is 6.91. The van der Waals surface area contributed by atoms with Crippen molar-refractivity contribution in [3.8, 4) is 17.0 Å². The lowest BCUT2D eigenvalue weighted by Crippen LogP contribution is -2.16. The Bertz CT molecular complexity index is 1330. The normalized spacial score (nSPS) is 10.8. The van der Waals surface area contributed by atoms with E-state index < -0.39 is 11.9 Å². The molecular formula is C22H19N5O4. The fourth-order valence-corrected chi connectivity index (χ4v) is 3.31. The minimum Gasteiger partial charge on any atom is -0.481 e. The number of ether oxygens (including phenoxy) is 1. The van der Waals surface area contributed by atoms with Crippen molar-refractivity contribution in [3.05, 3.63) is 65.4 Å². The summed E-state index contributed by atoms with van der Waals surface area (Å²) in [5, 5.41) is 12.4. The molecule has 4 rings (SSSR count). The van der Waals surface area contributed by atoms with Gasteiger partial charge in [0.15, 0.2) is 5.95 Å². The lowest BCUT2D eigenvalue weighted by atomic mass is 9.96. The van der Waals surface area contributed by atoms with Gasteiger partial charge in [-0.1, -0.05) is 17.7 Å². The number of carbonyl (C=O) groups is 2. The number of methoxy groups -OCH3 is 1. The van der Waals surface area contributed by atoms with Crippen molar-refractivity contribution in [1.82, 2.24) is 15.0 Å². The number of rotatable bonds is 5. The molecule has 0 atom stereocenters. The highest BCUT2D eigenvalue weighted by atomic mass is 16.5. The van der Waals surface area contributed by atoms with Gasteiger partial charge in [0.05, 0.1) is 23.7 Å². The van der Waals surface area contributed by atoms with Crippen LogP contribution in [0.15, 0.2) is 48.5 Å². The molecule has 156 valence electrons. The van der Waals surface area contributed by atoms with Crippen molar-refractivity contribution in [2.45, 2.75) is 6.92 Å². The Labute approximate surface area is 176 Å². The van der Waals surface area contributed by atoms with Gasteiger partial charge in [0, 0.05) is 17.3 Å². The molecule has 0 saturated carbocycles. The lowest BCUT2D eigenvalue weighted by molar-refractivity contribution is 0.0697. The number of carboxylic acid groups (broad SMARTS) is 1. The topological polar surface area (TPSA) is 143 Å². The summed E-state index contributed by atoms with van der Waals surface area (Å²) in [6.07, 6.45) is 0. The van der Waals surface area contributed by atoms with Gasteiger partial charge < -0.3 is 25.9 Å². The van der Waals surface area contributed by atoms with Crippen LogP contribution in [-0.2, 0) is 0 Å². The molecule has 0 spiro atoms. The third-order valence-electron chi connectivity index (χ3n) is 4.75. The van der Waals surface area contributed by atoms with Gasteiger partial charge in [0.1, 0.15) is 5.69 Å². The smallest absolute Gasteiger partial charge is 0.336 e. The van der Waals surface area contributed by atoms with Crippen LogP contribution in [0.4, 0.5) is 11.6 Å². The second-order valence-corrected chi connectivity index (χ2v) is 6.91. The molecule has 4 aromatic rings. The quantitative estimate of drug-likeness (QED) is 0.389. The second kappa shape index (κ2) is 7.79. The fraction of sp³-hybridized carbons (Fsp3) is 0.0909. The molecule has 0 saturated heterocycles. The Morgan fingerprint density at radius 2 is 1.84 bits per heavy atom. The Balaban J connectivity index is 1.78. The van der Waals surface area contributed by atoms with E-state index in [4.69, 9.17) is 10.5 Å². The summed E-state index contributed by atoms with van der Waals surface area (Å²) in [6.45, 7) is 1.80. The Hall–Kier alpha value is -4.40. The number of nitrogen functional groups attached to an aromatic ring is 1. The molecular weight excluding hydrogens is 398 g/mol. The van der Waals surface area contributed by atoms with E-state index in [0.717, 1.165) is 5.56 Å². The monoisotopic (exact) mass is 417 g/mol. The predicted octanol–water partition coefficient (Wildman–Crippen LogP) is 3.47. The molecule has 0 unspecified atom stereocenters. The Kier molecular flexibility index (Phi) is 5.00. The molecule has 0 fully saturated rings. The first-order chi connectivity index (χ1) is 14.9. The number of pyridine rings is 1. The van der Waals surface area contributed by atoms with E-state index >= 15 is 0 Å². The maximum atomic E-state index is 13.1. The molecule has 9 heteroatoms. The Morgan fingerprint density at radius 1 is 1.06 bits per heavy atom. The number of amides is 1. The SMILES string of the molecule is COc1ccc(-c2ccc(C)cc2C(=O)O)c(C(=O)Nc2ccc3nc(N)[nH]c3c2)n1. The van der Waals surface area contributed by atoms with Crippen LogP contribution in [0.3, 0.4) is 0 Å². The zero-order valence-electron chi connectivity index (χ0n) is 16.8. The molecule has 0 bridgehead atoms. The standard InChI is InChI=1S/C22H19N5O4/c1-11-3-5-13(15(9-11)21(29)30)14-6-8-18(31-2)27-19(14)20(28)24-12-4-7-16-17(10-12)26-22(23)25-16/h3-10H,1-2H3,(H,24,28)(H,29,30)(H3,23,25,26). The van der Waals surface area contributed by atoms with E-state index in [1.807, 2.05) is 0 Å². The number of nitrogens with two attached hydrogens (primary N) is 1. The van der Waals surface area contributed by atoms with Crippen LogP contribution in [0.5, 0.6) is 5.88 Å². The number of nitrogens with zero attached hydrogens (tertiary/aromatic N) is 2. The van der Waals surface area contributed by atoms with Crippen molar-refractivity contribution in [2.24, 2.45) is 0 Å². The van der Waals surface area contributed by atoms with Crippen molar-refractivity contribution < 1.29 is 19.4 Å². The number of aromatic nitrogens is 3. The van der Waals surface area contributed by atoms with Crippen LogP contribution in [0.25, 0.3) is 22.2 Å². The van der Waals surface area contributed by atoms with Crippen molar-refractivity contribution >= 4 is 34.5 Å². The Morgan fingerprint density at radius 3 is 2.58 bits per heavy atom. The van der Waals surface area contributed by atoms with Crippen LogP contribution in [0.2, 0.25) is 0 Å². The predicted molar refractivity (Wildman–Crippen MR) is 116 cm³/mol. The molecule has 2 aromatic heterocycles. The summed E-state index contributed by atoms with van der Waals surface area (Å²) in [7, 11) is 1.44. The van der Waals surface area contributed by atoms with Gasteiger partial charge in [-0.15, -0.1) is 0 Å². The largest absolute Gasteiger partial charge is 0.481 e. The number of fused-ring (bicyclic) bond motifs is 1. The highest BCUT2D eigenvalue weighted by molar-refractivity contribution is 6.09. The minimum atomic E-state index is -1.09. The zero-order chi connectivity index (χ0) is 22.1. The van der Waals surface area contributed by atoms with E-state index in [-0.39, 0.29) is 23.1 Å². The van der Waals surface area contributed by atoms with E-state index in [1.54, 1.807) is 55.5 Å². The summed E-state index contributed by atoms with van der Waals surface area (Å²) in [5.74, 6) is -1.11. The van der Waals surface area contributed by atoms with Crippen molar-refractivity contribution in [3.63, 3.8) is 0 Å². The molecule has 0 radical (unpaired) electrons. The minimum absolute atomic E-state index is 0.0370. The van der Waals surface area contributed by atoms with E-state index in [1.165, 1.54) is 7.11 Å². The number of imidazole rings is 1. The third kappa shape index (κ3) is 3.88. The number of carbonyl (C=O) groups excluding carboxylic acids is 1. The fourth-order valence-electron chi connectivity index (χ4n) is 3.31. The third-order valence-corrected chi connectivity index (χ3v) is 4.75. The molecule has 0 aliphatic rings. The number of anilines is 2. The highest BCUT2D eigenvalue weighted by Gasteiger charge is 2.21. The van der Waals surface area contributed by atoms with Gasteiger partial charge in [0.25, 0.3) is 5.91 Å². The summed E-state index contributed by atoms with van der Waals surface area (Å²) in [5.41, 5.74) is 9.18. The number of hydrogen-bond donors (Lipinski definition) is 4. The van der Waals surface area contributed by atoms with E-state index in [9.17, 15) is 14.7 Å². The molecule has 5 N–H and O–H groups in total. The van der Waals surface area contributed by atoms with Crippen molar-refractivity contribution in [1.29, 1.82) is 0 Å². The van der Waals surface area contributed by atoms with Gasteiger partial charge in [-0.05, 0) is 42.8 Å². The van der Waals surface area contributed by atoms with Gasteiger partial charge in [-0.25, -0.2) is 14.8 Å². The highest BCUT2D eigenvalue weighted by Crippen LogP contribution is 2.30. The number of aromatic amines is 1. The summed E-state index contributed by atoms with van der Waals surface area (Å²) < 4.78 is 5.17. The van der Waals surface area contributed by atoms with Crippen LogP contribution in [-0.4, -0.2) is 39.0 Å². The molecule has 31 heavy (non-hydrogen) atoms. The maximum absolute atomic E-state index is 13.1. The molecule has 1 amide bonds. The van der Waals surface area contributed by atoms with E-state index in [2.05, 4.69) is 20.3 Å². The van der Waals surface area contributed by atoms with Gasteiger partial charge in [-0.3, -0.25) is 4.79 Å². The van der Waals surface area contributed by atoms with Crippen LogP contribution < -0.4 is 15.8 Å². The van der Waals surface area contributed by atoms with Gasteiger partial charge >= 0.3 is 5.97 Å². The summed E-state index contributed by atoms with van der Waals surface area (Å²) in [6, 6.07) is 13.3. The number of nitrogens with one attached hydrogen (secondary N) is 2. The molecule has 2 heterocycles. The average molecular weight is 417 g/mol. The molecule has 0 aliphatic carbocycles. The molecule has 9 nitrogen and oxygen atoms in total. The molecule has 0 aliphatic heterocycles. The number of aryl methyl sites for hydroxylation is 1. The van der Waals surface area contributed by atoms with Crippen molar-refractivity contribution in [2.75, 3.05) is 18.2 Å². The van der Waals surface area contributed by atoms with Gasteiger partial charge in [-0.2, -0.15) is 0 Å². The molecule has 2 aromatic carbocycles. The van der Waals surface area contributed by atoms with Crippen LogP contribution in [0, 0.1) is 6.92 Å². The van der Waals surface area contributed by atoms with Crippen LogP contribution in [0.1, 0.15) is 26.4 Å². The number of benzene rings is 2. The summed E-state index contributed by atoms with van der Waals surface area (Å²) >= 11 is 0. The zero-order valence-corrected chi connectivity index (χ0v) is 16.8. The van der Waals surface area contributed by atoms with Crippen LogP contribution >= 0.6 is 0 Å². The first-order valence-corrected chi connectivity index (χ1v) is 9.31. The lowest BCUT2D eigenvalue weighted by Gasteiger charge is -2.13.